The van der Waals surface area contributed by atoms with E-state index >= 15 is 0 Å². The van der Waals surface area contributed by atoms with Gasteiger partial charge in [0.25, 0.3) is 0 Å². The number of carbonyl (C=O) groups is 10. The Morgan fingerprint density at radius 1 is 0.382 bits per heavy atom. The van der Waals surface area contributed by atoms with E-state index in [0.717, 1.165) is 103 Å². The van der Waals surface area contributed by atoms with E-state index in [1.165, 1.54) is 0 Å². The summed E-state index contributed by atoms with van der Waals surface area (Å²) < 4.78 is 80.9. The second-order valence-electron chi connectivity index (χ2n) is 15.5. The van der Waals surface area contributed by atoms with Crippen LogP contribution in [0.5, 0.6) is 0 Å². The normalized spacial score (nSPS) is 31.2. The lowest BCUT2D eigenvalue weighted by atomic mass is 9.99. The molecule has 0 N–H and O–H groups in total. The smallest absolute Gasteiger partial charge is 0.303 e. The summed E-state index contributed by atoms with van der Waals surface area (Å²) in [5, 5.41) is -2.28. The Kier molecular flexibility index (Phi) is 23.1. The first kappa shape index (κ1) is 57.9. The zero-order valence-corrected chi connectivity index (χ0v) is 41.8. The predicted molar refractivity (Wildman–Crippen MR) is 231 cm³/mol. The highest BCUT2D eigenvalue weighted by molar-refractivity contribution is 8.77. The van der Waals surface area contributed by atoms with Crippen LogP contribution in [0.4, 0.5) is 0 Å². The molecule has 0 radical (unpaired) electrons. The van der Waals surface area contributed by atoms with Gasteiger partial charge in [0.15, 0.2) is 54.5 Å². The van der Waals surface area contributed by atoms with Crippen molar-refractivity contribution in [3.63, 3.8) is 0 Å². The lowest BCUT2D eigenvalue weighted by Gasteiger charge is -2.49. The van der Waals surface area contributed by atoms with Crippen molar-refractivity contribution in [3.05, 3.63) is 0 Å². The van der Waals surface area contributed by atoms with Gasteiger partial charge in [0.1, 0.15) is 43.6 Å². The van der Waals surface area contributed by atoms with Gasteiger partial charge in [0, 0.05) is 69.2 Å². The highest BCUT2D eigenvalue weighted by Crippen LogP contribution is 2.50. The molecule has 0 spiro atoms. The van der Waals surface area contributed by atoms with Gasteiger partial charge in [-0.15, -0.1) is 11.8 Å². The number of ether oxygens (including phenoxy) is 14. The highest BCUT2D eigenvalue weighted by Gasteiger charge is 2.58. The molecule has 0 aromatic heterocycles. The summed E-state index contributed by atoms with van der Waals surface area (Å²) in [7, 11) is 1.76. The van der Waals surface area contributed by atoms with Crippen LogP contribution >= 0.6 is 33.3 Å². The van der Waals surface area contributed by atoms with Crippen molar-refractivity contribution < 1.29 is 114 Å². The summed E-state index contributed by atoms with van der Waals surface area (Å²) in [4.78, 5) is 125. The standard InChI is InChI=1S/C41H58O24S3/c1-16(2)55-39-36(62-26(12)51)38(67-68-41-35(61-25(11)50)33(59-23(9)48)31(57-21(7)46)28(65-41)14-53-18(4)43)37(29(63-39)15-54-19(5)44)66-40-34(60-24(10)49)32(58-22(8)47)30(56-20(6)45)27(64-40)13-52-17(3)42/h16,27-41H,13-15H2,1-12H3/t27-,28-,29-,30+,31+,32+,33+,34-,35-,36-,37-,38-,39+,40+,41+/m1/s1. The van der Waals surface area contributed by atoms with Crippen molar-refractivity contribution in [2.45, 2.75) is 178 Å². The maximum absolute atomic E-state index is 13.0. The first-order valence-electron chi connectivity index (χ1n) is 21.0. The van der Waals surface area contributed by atoms with Crippen LogP contribution in [0.15, 0.2) is 0 Å². The Labute approximate surface area is 403 Å². The van der Waals surface area contributed by atoms with E-state index in [0.29, 0.717) is 0 Å². The number of hydrogen-bond donors (Lipinski definition) is 0. The van der Waals surface area contributed by atoms with Crippen LogP contribution in [-0.2, 0) is 114 Å². The molecule has 3 aliphatic rings. The summed E-state index contributed by atoms with van der Waals surface area (Å²) in [6.07, 6.45) is -16.6. The Morgan fingerprint density at radius 3 is 1.10 bits per heavy atom. The van der Waals surface area contributed by atoms with Crippen LogP contribution in [0.2, 0.25) is 0 Å². The van der Waals surface area contributed by atoms with E-state index in [1.807, 2.05) is 0 Å². The van der Waals surface area contributed by atoms with Gasteiger partial charge in [0.2, 0.25) is 0 Å². The lowest BCUT2D eigenvalue weighted by molar-refractivity contribution is -0.259. The highest BCUT2D eigenvalue weighted by atomic mass is 33.1. The second-order valence-corrected chi connectivity index (χ2v) is 19.3. The van der Waals surface area contributed by atoms with Crippen LogP contribution in [0, 0.1) is 0 Å². The molecule has 0 saturated carbocycles. The SMILES string of the molecule is CC(=O)OC[C@H]1O[C@@H](SS[C@@H]2[C@@H](OC(C)=O)[C@@H](OC(C)C)O[C@H](COC(C)=O)[C@H]2S[C@@H]2O[C@H](COC(C)=O)[C@H](OC(C)=O)[C@H](OC(C)=O)[C@H]2OC(C)=O)[C@H](OC(C)=O)[C@@H](OC(C)=O)[C@H]1OC(C)=O. The van der Waals surface area contributed by atoms with E-state index in [4.69, 9.17) is 66.3 Å². The van der Waals surface area contributed by atoms with Gasteiger partial charge in [-0.2, -0.15) is 0 Å². The predicted octanol–water partition coefficient (Wildman–Crippen LogP) is 1.65. The minimum absolute atomic E-state index is 0.482. The number of thioether (sulfide) groups is 1. The average Bonchev–Trinajstić information content (AvgIpc) is 3.19. The molecule has 0 unspecified atom stereocenters. The van der Waals surface area contributed by atoms with Crippen molar-refractivity contribution in [1.82, 2.24) is 0 Å². The molecule has 3 rings (SSSR count). The summed E-state index contributed by atoms with van der Waals surface area (Å²) in [6.45, 7) is 12.6. The maximum atomic E-state index is 13.0. The number of hydrogen-bond acceptors (Lipinski definition) is 27. The van der Waals surface area contributed by atoms with E-state index in [9.17, 15) is 47.9 Å². The van der Waals surface area contributed by atoms with Crippen molar-refractivity contribution in [2.24, 2.45) is 0 Å². The van der Waals surface area contributed by atoms with Crippen molar-refractivity contribution in [2.75, 3.05) is 19.8 Å². The first-order chi connectivity index (χ1) is 31.8. The zero-order chi connectivity index (χ0) is 51.2. The maximum Gasteiger partial charge on any atom is 0.303 e. The number of carbonyl (C=O) groups excluding carboxylic acids is 10. The molecule has 0 bridgehead atoms. The van der Waals surface area contributed by atoms with Crippen LogP contribution < -0.4 is 0 Å². The van der Waals surface area contributed by atoms with Crippen LogP contribution in [0.3, 0.4) is 0 Å². The molecule has 0 aliphatic carbocycles. The number of rotatable bonds is 20. The van der Waals surface area contributed by atoms with Crippen LogP contribution in [0.25, 0.3) is 0 Å². The topological polar surface area (TPSA) is 300 Å². The van der Waals surface area contributed by atoms with Crippen LogP contribution in [-0.4, -0.2) is 174 Å². The molecule has 24 nitrogen and oxygen atoms in total. The van der Waals surface area contributed by atoms with E-state index in [2.05, 4.69) is 0 Å². The quantitative estimate of drug-likeness (QED) is 0.0951. The van der Waals surface area contributed by atoms with Gasteiger partial charge < -0.3 is 66.3 Å². The molecule has 384 valence electrons. The molecule has 0 amide bonds. The third-order valence-electron chi connectivity index (χ3n) is 9.20. The fourth-order valence-electron chi connectivity index (χ4n) is 7.02. The zero-order valence-electron chi connectivity index (χ0n) is 39.4. The fourth-order valence-corrected chi connectivity index (χ4v) is 12.3. The lowest BCUT2D eigenvalue weighted by Crippen LogP contribution is -2.64. The minimum atomic E-state index is -1.59. The molecule has 68 heavy (non-hydrogen) atoms. The van der Waals surface area contributed by atoms with E-state index in [1.54, 1.807) is 13.8 Å². The minimum Gasteiger partial charge on any atom is -0.463 e. The molecule has 3 saturated heterocycles. The Bertz CT molecular complexity index is 1830. The van der Waals surface area contributed by atoms with Crippen molar-refractivity contribution >= 4 is 93.0 Å². The molecule has 0 aromatic carbocycles. The summed E-state index contributed by atoms with van der Waals surface area (Å²) >= 11 is 0.848. The molecule has 27 heteroatoms. The molecule has 3 fully saturated rings. The third kappa shape index (κ3) is 18.2. The Balaban J connectivity index is 2.32. The summed E-state index contributed by atoms with van der Waals surface area (Å²) in [5.41, 5.74) is -2.84. The second kappa shape index (κ2) is 27.1. The molecule has 3 heterocycles. The van der Waals surface area contributed by atoms with Gasteiger partial charge in [-0.1, -0.05) is 21.6 Å². The monoisotopic (exact) mass is 1030 g/mol. The average molecular weight is 1030 g/mol. The number of esters is 10. The van der Waals surface area contributed by atoms with Gasteiger partial charge >= 0.3 is 59.7 Å². The summed E-state index contributed by atoms with van der Waals surface area (Å²) in [6, 6.07) is 0. The summed E-state index contributed by atoms with van der Waals surface area (Å²) in [5.74, 6) is -8.32. The molecule has 3 aliphatic heterocycles. The van der Waals surface area contributed by atoms with Gasteiger partial charge in [0.05, 0.1) is 16.6 Å². The largest absolute Gasteiger partial charge is 0.463 e. The molecule has 15 atom stereocenters. The third-order valence-corrected chi connectivity index (χ3v) is 14.0. The van der Waals surface area contributed by atoms with E-state index < -0.39 is 174 Å². The van der Waals surface area contributed by atoms with Crippen molar-refractivity contribution in [3.8, 4) is 0 Å². The molecular formula is C41H58O24S3. The molecular weight excluding hydrogens is 973 g/mol. The molecule has 0 aromatic rings. The first-order valence-corrected chi connectivity index (χ1v) is 24.2. The Hall–Kier alpha value is -4.41. The Morgan fingerprint density at radius 2 is 0.721 bits per heavy atom. The van der Waals surface area contributed by atoms with Crippen LogP contribution in [0.1, 0.15) is 83.1 Å². The van der Waals surface area contributed by atoms with Gasteiger partial charge in [-0.25, -0.2) is 0 Å². The fraction of sp³-hybridized carbons (Fsp3) is 0.756. The van der Waals surface area contributed by atoms with Crippen molar-refractivity contribution in [1.29, 1.82) is 0 Å². The van der Waals surface area contributed by atoms with Gasteiger partial charge in [-0.3, -0.25) is 47.9 Å². The van der Waals surface area contributed by atoms with E-state index in [-0.39, 0.29) is 0 Å². The van der Waals surface area contributed by atoms with Gasteiger partial charge in [-0.05, 0) is 13.8 Å².